The molecule has 126 valence electrons. The van der Waals surface area contributed by atoms with Crippen LogP contribution in [0.25, 0.3) is 11.0 Å². The maximum atomic E-state index is 13.1. The van der Waals surface area contributed by atoms with E-state index in [4.69, 9.17) is 0 Å². The third kappa shape index (κ3) is 3.33. The lowest BCUT2D eigenvalue weighted by Crippen LogP contribution is -2.47. The van der Waals surface area contributed by atoms with E-state index in [9.17, 15) is 21.6 Å². The van der Waals surface area contributed by atoms with Crippen LogP contribution in [0.1, 0.15) is 25.7 Å². The Hall–Kier alpha value is -1.26. The molecule has 0 aliphatic heterocycles. The number of nitrogens with one attached hydrogen (secondary N) is 1. The zero-order valence-electron chi connectivity index (χ0n) is 11.9. The SMILES string of the molecule is O=S(=O)(N[C@@H]1CCCC[C@@H]1C(F)(F)F)c1cccc2nsnc12. The summed E-state index contributed by atoms with van der Waals surface area (Å²) in [5.41, 5.74) is 0.596. The van der Waals surface area contributed by atoms with E-state index in [2.05, 4.69) is 13.5 Å². The van der Waals surface area contributed by atoms with Gasteiger partial charge in [0.15, 0.2) is 0 Å². The molecule has 0 amide bonds. The Morgan fingerprint density at radius 3 is 2.65 bits per heavy atom. The molecule has 1 saturated carbocycles. The lowest BCUT2D eigenvalue weighted by atomic mass is 9.85. The van der Waals surface area contributed by atoms with E-state index in [1.807, 2.05) is 0 Å². The van der Waals surface area contributed by atoms with E-state index in [-0.39, 0.29) is 23.3 Å². The van der Waals surface area contributed by atoms with Crippen LogP contribution in [0.2, 0.25) is 0 Å². The number of nitrogens with zero attached hydrogens (tertiary/aromatic N) is 2. The quantitative estimate of drug-likeness (QED) is 0.907. The summed E-state index contributed by atoms with van der Waals surface area (Å²) >= 11 is 0.862. The first-order chi connectivity index (χ1) is 10.8. The van der Waals surface area contributed by atoms with Crippen LogP contribution in [0.4, 0.5) is 13.2 Å². The van der Waals surface area contributed by atoms with Gasteiger partial charge < -0.3 is 0 Å². The number of hydrogen-bond acceptors (Lipinski definition) is 5. The third-order valence-electron chi connectivity index (χ3n) is 4.03. The second-order valence-corrected chi connectivity index (χ2v) is 7.76. The predicted molar refractivity (Wildman–Crippen MR) is 79.5 cm³/mol. The first-order valence-corrected chi connectivity index (χ1v) is 9.31. The molecule has 1 aromatic heterocycles. The molecule has 0 spiro atoms. The molecule has 5 nitrogen and oxygen atoms in total. The minimum Gasteiger partial charge on any atom is -0.207 e. The molecule has 1 N–H and O–H groups in total. The topological polar surface area (TPSA) is 72.0 Å². The number of alkyl halides is 3. The summed E-state index contributed by atoms with van der Waals surface area (Å²) in [6.07, 6.45) is -3.27. The van der Waals surface area contributed by atoms with Gasteiger partial charge in [-0.25, -0.2) is 13.1 Å². The summed E-state index contributed by atoms with van der Waals surface area (Å²) in [5.74, 6) is -1.65. The van der Waals surface area contributed by atoms with E-state index in [0.29, 0.717) is 18.4 Å². The average Bonchev–Trinajstić information content (AvgIpc) is 2.94. The molecule has 0 radical (unpaired) electrons. The van der Waals surface area contributed by atoms with Gasteiger partial charge >= 0.3 is 6.18 Å². The van der Waals surface area contributed by atoms with Crippen molar-refractivity contribution in [1.82, 2.24) is 13.5 Å². The number of sulfonamides is 1. The van der Waals surface area contributed by atoms with Gasteiger partial charge in [-0.1, -0.05) is 18.9 Å². The first kappa shape index (κ1) is 16.6. The Labute approximate surface area is 135 Å². The van der Waals surface area contributed by atoms with Crippen molar-refractivity contribution >= 4 is 32.8 Å². The fourth-order valence-corrected chi connectivity index (χ4v) is 5.00. The molecule has 0 unspecified atom stereocenters. The lowest BCUT2D eigenvalue weighted by molar-refractivity contribution is -0.187. The van der Waals surface area contributed by atoms with Crippen molar-refractivity contribution in [2.45, 2.75) is 42.8 Å². The zero-order chi connectivity index (χ0) is 16.7. The highest BCUT2D eigenvalue weighted by atomic mass is 32.2. The highest BCUT2D eigenvalue weighted by Gasteiger charge is 2.46. The van der Waals surface area contributed by atoms with E-state index in [1.165, 1.54) is 12.1 Å². The Morgan fingerprint density at radius 1 is 1.17 bits per heavy atom. The molecule has 3 rings (SSSR count). The Bertz CT molecular complexity index is 804. The largest absolute Gasteiger partial charge is 0.393 e. The van der Waals surface area contributed by atoms with Crippen LogP contribution < -0.4 is 4.72 Å². The fraction of sp³-hybridized carbons (Fsp3) is 0.538. The van der Waals surface area contributed by atoms with Crippen LogP contribution >= 0.6 is 11.7 Å². The molecule has 1 fully saturated rings. The van der Waals surface area contributed by atoms with Gasteiger partial charge in [0.25, 0.3) is 0 Å². The molecule has 1 aromatic carbocycles. The minimum atomic E-state index is -4.41. The van der Waals surface area contributed by atoms with Gasteiger partial charge in [0, 0.05) is 6.04 Å². The number of aromatic nitrogens is 2. The van der Waals surface area contributed by atoms with Crippen molar-refractivity contribution in [1.29, 1.82) is 0 Å². The first-order valence-electron chi connectivity index (χ1n) is 7.09. The van der Waals surface area contributed by atoms with Gasteiger partial charge in [0.2, 0.25) is 10.0 Å². The molecule has 0 saturated heterocycles. The Morgan fingerprint density at radius 2 is 1.91 bits per heavy atom. The molecule has 23 heavy (non-hydrogen) atoms. The molecule has 10 heteroatoms. The number of hydrogen-bond donors (Lipinski definition) is 1. The maximum absolute atomic E-state index is 13.1. The van der Waals surface area contributed by atoms with Gasteiger partial charge in [-0.2, -0.15) is 21.9 Å². The molecule has 1 aliphatic rings. The fourth-order valence-electron chi connectivity index (χ4n) is 2.92. The molecular formula is C13H14F3N3O2S2. The van der Waals surface area contributed by atoms with Crippen molar-refractivity contribution in [3.63, 3.8) is 0 Å². The predicted octanol–water partition coefficient (Wildman–Crippen LogP) is 3.09. The summed E-state index contributed by atoms with van der Waals surface area (Å²) < 4.78 is 74.6. The van der Waals surface area contributed by atoms with Crippen molar-refractivity contribution < 1.29 is 21.6 Å². The van der Waals surface area contributed by atoms with Crippen molar-refractivity contribution in [3.8, 4) is 0 Å². The van der Waals surface area contributed by atoms with E-state index < -0.39 is 28.2 Å². The maximum Gasteiger partial charge on any atom is 0.393 e. The summed E-state index contributed by atoms with van der Waals surface area (Å²) in [6, 6.07) is 3.30. The average molecular weight is 365 g/mol. The Balaban J connectivity index is 1.92. The second kappa shape index (κ2) is 5.99. The van der Waals surface area contributed by atoms with Crippen molar-refractivity contribution in [2.24, 2.45) is 5.92 Å². The summed E-state index contributed by atoms with van der Waals surface area (Å²) in [7, 11) is -4.10. The highest BCUT2D eigenvalue weighted by Crippen LogP contribution is 2.38. The standard InChI is InChI=1S/C13H14F3N3O2S2/c14-13(15,16)8-4-1-2-5-9(8)19-23(20,21)11-7-3-6-10-12(11)18-22-17-10/h3,6-9,19H,1-2,4-5H2/t8-,9+/m0/s1. The van der Waals surface area contributed by atoms with Crippen LogP contribution in [-0.4, -0.2) is 29.4 Å². The van der Waals surface area contributed by atoms with Crippen LogP contribution in [-0.2, 0) is 10.0 Å². The number of benzene rings is 1. The smallest absolute Gasteiger partial charge is 0.207 e. The van der Waals surface area contributed by atoms with Crippen molar-refractivity contribution in [3.05, 3.63) is 18.2 Å². The summed E-state index contributed by atoms with van der Waals surface area (Å²) in [6.45, 7) is 0. The van der Waals surface area contributed by atoms with E-state index in [1.54, 1.807) is 6.07 Å². The van der Waals surface area contributed by atoms with E-state index >= 15 is 0 Å². The number of fused-ring (bicyclic) bond motifs is 1. The highest BCUT2D eigenvalue weighted by molar-refractivity contribution is 7.89. The van der Waals surface area contributed by atoms with Crippen LogP contribution in [0, 0.1) is 5.92 Å². The summed E-state index contributed by atoms with van der Waals surface area (Å²) in [5, 5.41) is 0. The van der Waals surface area contributed by atoms with Crippen LogP contribution in [0.3, 0.4) is 0 Å². The van der Waals surface area contributed by atoms with Gasteiger partial charge in [-0.3, -0.25) is 0 Å². The van der Waals surface area contributed by atoms with Gasteiger partial charge in [0.1, 0.15) is 15.9 Å². The van der Waals surface area contributed by atoms with Crippen molar-refractivity contribution in [2.75, 3.05) is 0 Å². The monoisotopic (exact) mass is 365 g/mol. The van der Waals surface area contributed by atoms with Gasteiger partial charge in [0.05, 0.1) is 17.6 Å². The molecule has 1 heterocycles. The van der Waals surface area contributed by atoms with Gasteiger partial charge in [-0.15, -0.1) is 0 Å². The molecular weight excluding hydrogens is 351 g/mol. The molecule has 2 atom stereocenters. The van der Waals surface area contributed by atoms with E-state index in [0.717, 1.165) is 11.7 Å². The van der Waals surface area contributed by atoms with Gasteiger partial charge in [-0.05, 0) is 25.0 Å². The minimum absolute atomic E-state index is 0.0564. The normalized spacial score (nSPS) is 23.3. The lowest BCUT2D eigenvalue weighted by Gasteiger charge is -2.33. The van der Waals surface area contributed by atoms with Crippen LogP contribution in [0.15, 0.2) is 23.1 Å². The zero-order valence-corrected chi connectivity index (χ0v) is 13.5. The second-order valence-electron chi connectivity index (χ2n) is 5.55. The number of halogens is 3. The summed E-state index contributed by atoms with van der Waals surface area (Å²) in [4.78, 5) is -0.129. The molecule has 1 aliphatic carbocycles. The number of rotatable bonds is 3. The molecule has 0 bridgehead atoms. The molecule has 2 aromatic rings. The Kier molecular flexibility index (Phi) is 4.32. The third-order valence-corrected chi connectivity index (χ3v) is 6.10. The van der Waals surface area contributed by atoms with Crippen LogP contribution in [0.5, 0.6) is 0 Å².